The summed E-state index contributed by atoms with van der Waals surface area (Å²) in [6, 6.07) is 14.3. The van der Waals surface area contributed by atoms with Crippen LogP contribution in [-0.4, -0.2) is 46.9 Å². The number of carbonyl (C=O) groups excluding carboxylic acids is 3. The molecule has 2 heterocycles. The average Bonchev–Trinajstić information content (AvgIpc) is 3.42. The zero-order chi connectivity index (χ0) is 26.4. The van der Waals surface area contributed by atoms with Crippen molar-refractivity contribution in [3.8, 4) is 0 Å². The number of fused-ring (bicyclic) bond motifs is 1. The quantitative estimate of drug-likeness (QED) is 0.199. The molecule has 11 heteroatoms. The average molecular weight is 522 g/mol. The number of benzene rings is 2. The van der Waals surface area contributed by atoms with Crippen LogP contribution < -0.4 is 10.9 Å². The highest BCUT2D eigenvalue weighted by Gasteiger charge is 2.17. The third-order valence-electron chi connectivity index (χ3n) is 5.25. The maximum Gasteiger partial charge on any atom is 0.338 e. The second-order valence-corrected chi connectivity index (χ2v) is 8.67. The maximum atomic E-state index is 13.3. The Bertz CT molecular complexity index is 1500. The summed E-state index contributed by atoms with van der Waals surface area (Å²) in [7, 11) is 1.27. The van der Waals surface area contributed by atoms with E-state index >= 15 is 0 Å². The maximum absolute atomic E-state index is 13.3. The van der Waals surface area contributed by atoms with Gasteiger partial charge < -0.3 is 19.2 Å². The van der Waals surface area contributed by atoms with Gasteiger partial charge in [0.2, 0.25) is 5.91 Å². The molecule has 4 rings (SSSR count). The number of methoxy groups -OCH3 is 1. The van der Waals surface area contributed by atoms with Gasteiger partial charge in [0, 0.05) is 5.69 Å². The number of thioether (sulfide) groups is 1. The van der Waals surface area contributed by atoms with Crippen LogP contribution in [0, 0.1) is 0 Å². The number of furan rings is 1. The predicted octanol–water partition coefficient (Wildman–Crippen LogP) is 3.73. The van der Waals surface area contributed by atoms with Crippen LogP contribution >= 0.6 is 11.8 Å². The van der Waals surface area contributed by atoms with Crippen LogP contribution in [0.15, 0.2) is 75.2 Å². The molecule has 2 aromatic heterocycles. The van der Waals surface area contributed by atoms with E-state index in [1.54, 1.807) is 43.3 Å². The lowest BCUT2D eigenvalue weighted by Gasteiger charge is -2.13. The highest BCUT2D eigenvalue weighted by atomic mass is 32.2. The van der Waals surface area contributed by atoms with Crippen LogP contribution in [0.5, 0.6) is 0 Å². The number of anilines is 1. The van der Waals surface area contributed by atoms with Crippen molar-refractivity contribution in [1.82, 2.24) is 9.55 Å². The lowest BCUT2D eigenvalue weighted by Crippen LogP contribution is -2.25. The Labute approximate surface area is 215 Å². The molecule has 0 saturated carbocycles. The van der Waals surface area contributed by atoms with Crippen molar-refractivity contribution in [3.63, 3.8) is 0 Å². The predicted molar refractivity (Wildman–Crippen MR) is 137 cm³/mol. The van der Waals surface area contributed by atoms with Gasteiger partial charge in [-0.1, -0.05) is 11.8 Å². The normalized spacial score (nSPS) is 10.8. The van der Waals surface area contributed by atoms with E-state index in [2.05, 4.69) is 10.3 Å². The zero-order valence-electron chi connectivity index (χ0n) is 20.1. The molecule has 0 bridgehead atoms. The molecule has 37 heavy (non-hydrogen) atoms. The molecule has 4 aromatic rings. The minimum absolute atomic E-state index is 0.0492. The Morgan fingerprint density at radius 2 is 1.81 bits per heavy atom. The molecule has 190 valence electrons. The van der Waals surface area contributed by atoms with Crippen LogP contribution in [-0.2, 0) is 20.8 Å². The number of ether oxygens (including phenoxy) is 2. The molecular weight excluding hydrogens is 498 g/mol. The van der Waals surface area contributed by atoms with Gasteiger partial charge in [0.05, 0.1) is 54.3 Å². The lowest BCUT2D eigenvalue weighted by atomic mass is 10.1. The lowest BCUT2D eigenvalue weighted by molar-refractivity contribution is -0.113. The van der Waals surface area contributed by atoms with E-state index in [1.165, 1.54) is 36.1 Å². The third-order valence-corrected chi connectivity index (χ3v) is 6.22. The topological polar surface area (TPSA) is 130 Å². The Morgan fingerprint density at radius 3 is 2.49 bits per heavy atom. The summed E-state index contributed by atoms with van der Waals surface area (Å²) in [5.41, 5.74) is 1.10. The first kappa shape index (κ1) is 25.7. The highest BCUT2D eigenvalue weighted by molar-refractivity contribution is 7.99. The monoisotopic (exact) mass is 521 g/mol. The SMILES string of the molecule is CCOC(=O)c1ccc(NC(=O)CSc2nc3cc(C(=O)OC)ccc3c(=O)n2Cc2ccco2)cc1. The first-order chi connectivity index (χ1) is 17.9. The van der Waals surface area contributed by atoms with E-state index in [1.807, 2.05) is 0 Å². The molecule has 1 N–H and O–H groups in total. The van der Waals surface area contributed by atoms with Crippen LogP contribution in [0.25, 0.3) is 10.9 Å². The summed E-state index contributed by atoms with van der Waals surface area (Å²) in [5.74, 6) is -0.834. The summed E-state index contributed by atoms with van der Waals surface area (Å²) in [6.07, 6.45) is 1.50. The van der Waals surface area contributed by atoms with Gasteiger partial charge in [-0.05, 0) is 61.5 Å². The number of carbonyl (C=O) groups is 3. The van der Waals surface area contributed by atoms with Crippen molar-refractivity contribution in [1.29, 1.82) is 0 Å². The largest absolute Gasteiger partial charge is 0.467 e. The van der Waals surface area contributed by atoms with Crippen LogP contribution in [0.1, 0.15) is 33.4 Å². The molecule has 0 aliphatic carbocycles. The zero-order valence-corrected chi connectivity index (χ0v) is 20.9. The summed E-state index contributed by atoms with van der Waals surface area (Å²) in [4.78, 5) is 54.3. The van der Waals surface area contributed by atoms with Crippen LogP contribution in [0.2, 0.25) is 0 Å². The van der Waals surface area contributed by atoms with Crippen molar-refractivity contribution >= 4 is 46.2 Å². The van der Waals surface area contributed by atoms with E-state index in [9.17, 15) is 19.2 Å². The Balaban J connectivity index is 1.56. The van der Waals surface area contributed by atoms with Crippen molar-refractivity contribution < 1.29 is 28.3 Å². The van der Waals surface area contributed by atoms with E-state index < -0.39 is 11.9 Å². The standard InChI is InChI=1S/C26H23N3O7S/c1-3-35-25(33)16-6-9-18(10-7-16)27-22(30)15-37-26-28-21-13-17(24(32)34-2)8-11-20(21)23(31)29(26)14-19-5-4-12-36-19/h4-13H,3,14-15H2,1-2H3,(H,27,30). The summed E-state index contributed by atoms with van der Waals surface area (Å²) in [5, 5.41) is 3.35. The third kappa shape index (κ3) is 6.07. The summed E-state index contributed by atoms with van der Waals surface area (Å²) >= 11 is 1.07. The molecule has 0 atom stereocenters. The molecular formula is C26H23N3O7S. The second kappa shape index (κ2) is 11.6. The fraction of sp³-hybridized carbons (Fsp3) is 0.192. The van der Waals surface area contributed by atoms with E-state index in [4.69, 9.17) is 13.9 Å². The summed E-state index contributed by atoms with van der Waals surface area (Å²) < 4.78 is 16.5. The minimum atomic E-state index is -0.550. The van der Waals surface area contributed by atoms with Crippen molar-refractivity contribution in [2.45, 2.75) is 18.6 Å². The van der Waals surface area contributed by atoms with E-state index in [0.29, 0.717) is 27.9 Å². The number of amides is 1. The van der Waals surface area contributed by atoms with Crippen LogP contribution in [0.3, 0.4) is 0 Å². The molecule has 1 amide bonds. The first-order valence-electron chi connectivity index (χ1n) is 11.2. The van der Waals surface area contributed by atoms with Gasteiger partial charge in [-0.15, -0.1) is 0 Å². The molecule has 0 fully saturated rings. The van der Waals surface area contributed by atoms with Gasteiger partial charge in [-0.2, -0.15) is 0 Å². The smallest absolute Gasteiger partial charge is 0.338 e. The number of hydrogen-bond donors (Lipinski definition) is 1. The fourth-order valence-electron chi connectivity index (χ4n) is 3.48. The number of hydrogen-bond acceptors (Lipinski definition) is 9. The molecule has 10 nitrogen and oxygen atoms in total. The Kier molecular flexibility index (Phi) is 8.04. The number of esters is 2. The van der Waals surface area contributed by atoms with E-state index in [-0.39, 0.29) is 41.1 Å². The Hall–Kier alpha value is -4.38. The first-order valence-corrected chi connectivity index (χ1v) is 12.2. The Morgan fingerprint density at radius 1 is 1.05 bits per heavy atom. The molecule has 0 aliphatic rings. The number of aromatic nitrogens is 2. The number of nitrogens with one attached hydrogen (secondary N) is 1. The van der Waals surface area contributed by atoms with Gasteiger partial charge in [0.1, 0.15) is 5.76 Å². The molecule has 2 aromatic carbocycles. The van der Waals surface area contributed by atoms with Gasteiger partial charge in [-0.25, -0.2) is 14.6 Å². The fourth-order valence-corrected chi connectivity index (χ4v) is 4.28. The van der Waals surface area contributed by atoms with Gasteiger partial charge in [0.25, 0.3) is 5.56 Å². The molecule has 0 radical (unpaired) electrons. The van der Waals surface area contributed by atoms with Crippen molar-refractivity contribution in [2.75, 3.05) is 24.8 Å². The number of rotatable bonds is 9. The van der Waals surface area contributed by atoms with Crippen molar-refractivity contribution in [3.05, 3.63) is 88.1 Å². The molecule has 0 spiro atoms. The van der Waals surface area contributed by atoms with E-state index in [0.717, 1.165) is 11.8 Å². The number of nitrogens with zero attached hydrogens (tertiary/aromatic N) is 2. The van der Waals surface area contributed by atoms with Crippen molar-refractivity contribution in [2.24, 2.45) is 0 Å². The molecule has 0 aliphatic heterocycles. The van der Waals surface area contributed by atoms with Gasteiger partial charge in [-0.3, -0.25) is 14.2 Å². The van der Waals surface area contributed by atoms with Gasteiger partial charge in [0.15, 0.2) is 5.16 Å². The molecule has 0 unspecified atom stereocenters. The minimum Gasteiger partial charge on any atom is -0.467 e. The van der Waals surface area contributed by atoms with Crippen LogP contribution in [0.4, 0.5) is 5.69 Å². The van der Waals surface area contributed by atoms with Gasteiger partial charge >= 0.3 is 11.9 Å². The molecule has 0 saturated heterocycles. The second-order valence-electron chi connectivity index (χ2n) is 7.72. The highest BCUT2D eigenvalue weighted by Crippen LogP contribution is 2.21. The summed E-state index contributed by atoms with van der Waals surface area (Å²) in [6.45, 7) is 2.11.